The first-order valence-corrected chi connectivity index (χ1v) is 14.4. The number of aromatic nitrogens is 1. The topological polar surface area (TPSA) is 70.0 Å². The Hall–Kier alpha value is -4.07. The van der Waals surface area contributed by atoms with Gasteiger partial charge in [-0.25, -0.2) is 4.79 Å². The number of aliphatic hydroxyl groups is 1. The fraction of sp³-hybridized carbons (Fsp3) is 0.324. The number of methoxy groups -OCH3 is 1. The number of nitrogens with zero attached hydrogens (tertiary/aromatic N) is 3. The lowest BCUT2D eigenvalue weighted by Gasteiger charge is -2.36. The number of likely N-dealkylation sites (N-methyl/N-ethyl adjacent to an activating group) is 1. The first-order chi connectivity index (χ1) is 20.1. The van der Waals surface area contributed by atoms with Gasteiger partial charge < -0.3 is 29.5 Å². The van der Waals surface area contributed by atoms with E-state index in [2.05, 4.69) is 76.7 Å². The highest BCUT2D eigenvalue weighted by Crippen LogP contribution is 2.31. The molecule has 7 nitrogen and oxygen atoms in total. The third-order valence-corrected chi connectivity index (χ3v) is 8.16. The zero-order valence-electron chi connectivity index (χ0n) is 23.9. The molecule has 0 radical (unpaired) electrons. The molecule has 2 amide bonds. The second kappa shape index (κ2) is 13.5. The zero-order chi connectivity index (χ0) is 28.6. The third-order valence-electron chi connectivity index (χ3n) is 8.16. The van der Waals surface area contributed by atoms with Crippen LogP contribution in [0.1, 0.15) is 30.7 Å². The van der Waals surface area contributed by atoms with Crippen LogP contribution in [0.3, 0.4) is 0 Å². The molecule has 2 atom stereocenters. The Balaban J connectivity index is 1.32. The number of hydrogen-bond acceptors (Lipinski definition) is 4. The molecule has 1 aliphatic rings. The van der Waals surface area contributed by atoms with Crippen molar-refractivity contribution in [2.24, 2.45) is 0 Å². The van der Waals surface area contributed by atoms with Crippen LogP contribution >= 0.6 is 0 Å². The van der Waals surface area contributed by atoms with Crippen LogP contribution in [0.4, 0.5) is 10.5 Å². The van der Waals surface area contributed by atoms with Gasteiger partial charge in [0.2, 0.25) is 0 Å². The summed E-state index contributed by atoms with van der Waals surface area (Å²) in [4.78, 5) is 17.5. The van der Waals surface area contributed by atoms with Gasteiger partial charge in [-0.1, -0.05) is 42.5 Å². The standard InChI is InChI=1S/C34H40N4O3/c1-36-20-6-7-21-37(34(40)35-29-14-16-31(41-2)17-15-29)23-19-32(33(36)25-39)27-12-10-26(11-13-27)28-18-22-38(24-28)30-8-4-3-5-9-30/h3-5,8-18,22,24,32-33,39H,6-7,19-21,23,25H2,1-2H3,(H,35,40)/t32-,33+/m0/s1. The lowest BCUT2D eigenvalue weighted by molar-refractivity contribution is 0.111. The number of ether oxygens (including phenoxy) is 1. The molecule has 2 N–H and O–H groups in total. The van der Waals surface area contributed by atoms with Gasteiger partial charge in [0, 0.05) is 48.8 Å². The summed E-state index contributed by atoms with van der Waals surface area (Å²) in [6, 6.07) is 28.4. The predicted octanol–water partition coefficient (Wildman–Crippen LogP) is 6.25. The molecule has 1 aliphatic heterocycles. The van der Waals surface area contributed by atoms with Gasteiger partial charge in [-0.15, -0.1) is 0 Å². The second-order valence-corrected chi connectivity index (χ2v) is 10.7. The minimum Gasteiger partial charge on any atom is -0.497 e. The van der Waals surface area contributed by atoms with E-state index >= 15 is 0 Å². The largest absolute Gasteiger partial charge is 0.497 e. The lowest BCUT2D eigenvalue weighted by Crippen LogP contribution is -2.44. The molecular formula is C34H40N4O3. The van der Waals surface area contributed by atoms with Gasteiger partial charge >= 0.3 is 6.03 Å². The maximum Gasteiger partial charge on any atom is 0.321 e. The van der Waals surface area contributed by atoms with Crippen LogP contribution in [0.15, 0.2) is 97.3 Å². The molecule has 1 aromatic heterocycles. The molecule has 0 spiro atoms. The smallest absolute Gasteiger partial charge is 0.321 e. The summed E-state index contributed by atoms with van der Waals surface area (Å²) in [6.07, 6.45) is 6.87. The van der Waals surface area contributed by atoms with Crippen LogP contribution < -0.4 is 10.1 Å². The van der Waals surface area contributed by atoms with Crippen molar-refractivity contribution in [3.8, 4) is 22.6 Å². The van der Waals surface area contributed by atoms with E-state index in [1.54, 1.807) is 7.11 Å². The summed E-state index contributed by atoms with van der Waals surface area (Å²) in [5, 5.41) is 13.5. The average Bonchev–Trinajstić information content (AvgIpc) is 3.51. The maximum atomic E-state index is 13.3. The maximum absolute atomic E-state index is 13.3. The molecule has 2 heterocycles. The van der Waals surface area contributed by atoms with Crippen LogP contribution in [0, 0.1) is 0 Å². The summed E-state index contributed by atoms with van der Waals surface area (Å²) in [7, 11) is 3.73. The van der Waals surface area contributed by atoms with Crippen LogP contribution in [0.5, 0.6) is 5.75 Å². The number of anilines is 1. The molecule has 214 valence electrons. The summed E-state index contributed by atoms with van der Waals surface area (Å²) < 4.78 is 7.36. The Kier molecular flexibility index (Phi) is 9.39. The van der Waals surface area contributed by atoms with Crippen molar-refractivity contribution in [1.82, 2.24) is 14.4 Å². The van der Waals surface area contributed by atoms with E-state index in [0.29, 0.717) is 13.1 Å². The van der Waals surface area contributed by atoms with Crippen molar-refractivity contribution >= 4 is 11.7 Å². The normalized spacial score (nSPS) is 18.6. The van der Waals surface area contributed by atoms with Crippen LogP contribution in [-0.4, -0.2) is 71.9 Å². The van der Waals surface area contributed by atoms with Crippen molar-refractivity contribution < 1.29 is 14.6 Å². The number of carbonyl (C=O) groups is 1. The predicted molar refractivity (Wildman–Crippen MR) is 165 cm³/mol. The van der Waals surface area contributed by atoms with Gasteiger partial charge in [0.15, 0.2) is 0 Å². The Morgan fingerprint density at radius 3 is 2.34 bits per heavy atom. The average molecular weight is 553 g/mol. The Morgan fingerprint density at radius 1 is 0.902 bits per heavy atom. The molecule has 3 aromatic carbocycles. The highest BCUT2D eigenvalue weighted by molar-refractivity contribution is 5.89. The molecule has 1 saturated heterocycles. The van der Waals surface area contributed by atoms with E-state index in [-0.39, 0.29) is 24.6 Å². The number of para-hydroxylation sites is 1. The molecular weight excluding hydrogens is 512 g/mol. The number of rotatable bonds is 6. The van der Waals surface area contributed by atoms with Crippen molar-refractivity contribution in [2.45, 2.75) is 31.2 Å². The van der Waals surface area contributed by atoms with E-state index in [4.69, 9.17) is 4.74 Å². The number of carbonyl (C=O) groups excluding carboxylic acids is 1. The van der Waals surface area contributed by atoms with E-state index in [1.165, 1.54) is 5.56 Å². The Bertz CT molecular complexity index is 1390. The fourth-order valence-corrected chi connectivity index (χ4v) is 5.72. The van der Waals surface area contributed by atoms with Gasteiger partial charge in [-0.2, -0.15) is 0 Å². The molecule has 0 aliphatic carbocycles. The first kappa shape index (κ1) is 28.5. The quantitative estimate of drug-likeness (QED) is 0.297. The first-order valence-electron chi connectivity index (χ1n) is 14.4. The Morgan fingerprint density at radius 2 is 1.63 bits per heavy atom. The van der Waals surface area contributed by atoms with Gasteiger partial charge in [0.05, 0.1) is 13.7 Å². The number of hydrogen-bond donors (Lipinski definition) is 2. The third kappa shape index (κ3) is 6.99. The molecule has 5 rings (SSSR count). The molecule has 41 heavy (non-hydrogen) atoms. The number of amides is 2. The summed E-state index contributed by atoms with van der Waals surface area (Å²) in [6.45, 7) is 2.25. The number of benzene rings is 3. The van der Waals surface area contributed by atoms with Crippen molar-refractivity contribution in [1.29, 1.82) is 0 Å². The van der Waals surface area contributed by atoms with Crippen molar-refractivity contribution in [3.05, 3.63) is 103 Å². The minimum absolute atomic E-state index is 0.0235. The summed E-state index contributed by atoms with van der Waals surface area (Å²) in [5.74, 6) is 0.839. The van der Waals surface area contributed by atoms with Crippen molar-refractivity contribution in [3.63, 3.8) is 0 Å². The summed E-state index contributed by atoms with van der Waals surface area (Å²) >= 11 is 0. The number of urea groups is 1. The van der Waals surface area contributed by atoms with Gasteiger partial charge in [-0.05, 0) is 92.0 Å². The van der Waals surface area contributed by atoms with Crippen LogP contribution in [0.25, 0.3) is 16.8 Å². The summed E-state index contributed by atoms with van der Waals surface area (Å²) in [5.41, 5.74) is 5.36. The number of nitrogens with one attached hydrogen (secondary N) is 1. The highest BCUT2D eigenvalue weighted by atomic mass is 16.5. The fourth-order valence-electron chi connectivity index (χ4n) is 5.72. The molecule has 1 fully saturated rings. The van der Waals surface area contributed by atoms with Gasteiger partial charge in [0.1, 0.15) is 5.75 Å². The highest BCUT2D eigenvalue weighted by Gasteiger charge is 2.28. The molecule has 7 heteroatoms. The molecule has 4 aromatic rings. The van der Waals surface area contributed by atoms with E-state index in [0.717, 1.165) is 54.1 Å². The second-order valence-electron chi connectivity index (χ2n) is 10.7. The van der Waals surface area contributed by atoms with Gasteiger partial charge in [-0.3, -0.25) is 0 Å². The van der Waals surface area contributed by atoms with Crippen LogP contribution in [-0.2, 0) is 0 Å². The van der Waals surface area contributed by atoms with Crippen LogP contribution in [0.2, 0.25) is 0 Å². The molecule has 0 bridgehead atoms. The Labute approximate surface area is 243 Å². The molecule has 0 unspecified atom stereocenters. The van der Waals surface area contributed by atoms with Crippen molar-refractivity contribution in [2.75, 3.05) is 45.7 Å². The monoisotopic (exact) mass is 552 g/mol. The van der Waals surface area contributed by atoms with E-state index in [9.17, 15) is 9.90 Å². The number of aliphatic hydroxyl groups excluding tert-OH is 1. The molecule has 0 saturated carbocycles. The minimum atomic E-state index is -0.0957. The SMILES string of the molecule is COc1ccc(NC(=O)N2CCCCN(C)[C@H](CO)[C@H](c3ccc(-c4ccn(-c5ccccc5)c4)cc3)CC2)cc1. The van der Waals surface area contributed by atoms with Gasteiger partial charge in [0.25, 0.3) is 0 Å². The van der Waals surface area contributed by atoms with E-state index < -0.39 is 0 Å². The lowest BCUT2D eigenvalue weighted by atomic mass is 9.86. The zero-order valence-corrected chi connectivity index (χ0v) is 23.9. The van der Waals surface area contributed by atoms with E-state index in [1.807, 2.05) is 47.4 Å².